The summed E-state index contributed by atoms with van der Waals surface area (Å²) < 4.78 is 0. The summed E-state index contributed by atoms with van der Waals surface area (Å²) in [6.07, 6.45) is 6.79. The minimum atomic E-state index is 0. The van der Waals surface area contributed by atoms with E-state index in [1.54, 1.807) is 0 Å². The van der Waals surface area contributed by atoms with Crippen LogP contribution in [-0.2, 0) is 6.54 Å². The largest absolute Gasteiger partial charge is 0.352 e. The molecule has 2 aliphatic rings. The number of aliphatic imine (C=N–C) groups is 1. The minimum absolute atomic E-state index is 0. The molecule has 1 saturated heterocycles. The van der Waals surface area contributed by atoms with Crippen molar-refractivity contribution in [3.63, 3.8) is 0 Å². The first-order valence-electron chi connectivity index (χ1n) is 8.70. The van der Waals surface area contributed by atoms with E-state index < -0.39 is 0 Å². The number of nitrogens with zero attached hydrogens (tertiary/aromatic N) is 2. The number of rotatable bonds is 4. The lowest BCUT2D eigenvalue weighted by Crippen LogP contribution is -2.45. The molecule has 134 valence electrons. The van der Waals surface area contributed by atoms with Crippen LogP contribution >= 0.6 is 35.6 Å². The summed E-state index contributed by atoms with van der Waals surface area (Å²) in [5.74, 6) is 0.887. The average Bonchev–Trinajstić information content (AvgIpc) is 3.24. The standard InChI is InChI=1S/C18H27ClN4.HI/c1-20-18(21-12-14-6-8-15(19)9-7-14)22-16-10-11-23(13-16)17-4-2-3-5-17;/h6-9,16-17H,2-5,10-13H2,1H3,(H2,20,21,22);1H. The number of hydrogen-bond donors (Lipinski definition) is 2. The Bertz CT molecular complexity index is 528. The molecule has 0 bridgehead atoms. The van der Waals surface area contributed by atoms with Gasteiger partial charge in [-0.05, 0) is 37.0 Å². The fraction of sp³-hybridized carbons (Fsp3) is 0.611. The molecule has 24 heavy (non-hydrogen) atoms. The molecule has 2 N–H and O–H groups in total. The molecule has 0 amide bonds. The molecule has 1 aromatic rings. The van der Waals surface area contributed by atoms with Crippen LogP contribution in [0.25, 0.3) is 0 Å². The molecule has 0 spiro atoms. The van der Waals surface area contributed by atoms with Gasteiger partial charge in [0, 0.05) is 43.8 Å². The van der Waals surface area contributed by atoms with Gasteiger partial charge in [0.1, 0.15) is 0 Å². The van der Waals surface area contributed by atoms with Gasteiger partial charge in [0.05, 0.1) is 0 Å². The van der Waals surface area contributed by atoms with Crippen LogP contribution in [0, 0.1) is 0 Å². The Balaban J connectivity index is 0.00000208. The van der Waals surface area contributed by atoms with Gasteiger partial charge >= 0.3 is 0 Å². The zero-order valence-electron chi connectivity index (χ0n) is 14.3. The van der Waals surface area contributed by atoms with Crippen LogP contribution in [0.3, 0.4) is 0 Å². The lowest BCUT2D eigenvalue weighted by Gasteiger charge is -2.24. The maximum absolute atomic E-state index is 5.92. The molecule has 0 aromatic heterocycles. The zero-order valence-corrected chi connectivity index (χ0v) is 17.4. The van der Waals surface area contributed by atoms with E-state index in [4.69, 9.17) is 11.6 Å². The summed E-state index contributed by atoms with van der Waals surface area (Å²) in [7, 11) is 1.83. The van der Waals surface area contributed by atoms with E-state index in [-0.39, 0.29) is 24.0 Å². The summed E-state index contributed by atoms with van der Waals surface area (Å²) in [5, 5.41) is 7.74. The third kappa shape index (κ3) is 5.49. The molecule has 0 radical (unpaired) electrons. The molecule has 1 aromatic carbocycles. The Morgan fingerprint density at radius 1 is 1.21 bits per heavy atom. The van der Waals surface area contributed by atoms with Crippen LogP contribution in [0.2, 0.25) is 5.02 Å². The molecule has 1 atom stereocenters. The predicted octanol–water partition coefficient (Wildman–Crippen LogP) is 3.64. The second-order valence-electron chi connectivity index (χ2n) is 6.62. The van der Waals surface area contributed by atoms with Crippen LogP contribution in [0.1, 0.15) is 37.7 Å². The Hall–Kier alpha value is -0.530. The second-order valence-corrected chi connectivity index (χ2v) is 7.05. The molecule has 1 aliphatic carbocycles. The van der Waals surface area contributed by atoms with E-state index in [9.17, 15) is 0 Å². The number of hydrogen-bond acceptors (Lipinski definition) is 2. The highest BCUT2D eigenvalue weighted by Gasteiger charge is 2.30. The molecule has 2 fully saturated rings. The molecular formula is C18H28ClIN4. The monoisotopic (exact) mass is 462 g/mol. The third-order valence-corrected chi connectivity index (χ3v) is 5.25. The smallest absolute Gasteiger partial charge is 0.191 e. The minimum Gasteiger partial charge on any atom is -0.352 e. The van der Waals surface area contributed by atoms with Gasteiger partial charge < -0.3 is 10.6 Å². The van der Waals surface area contributed by atoms with Crippen LogP contribution in [0.15, 0.2) is 29.3 Å². The number of nitrogens with one attached hydrogen (secondary N) is 2. The molecule has 1 heterocycles. The molecule has 6 heteroatoms. The summed E-state index contributed by atoms with van der Waals surface area (Å²) in [5.41, 5.74) is 1.20. The van der Waals surface area contributed by atoms with E-state index >= 15 is 0 Å². The van der Waals surface area contributed by atoms with Crippen molar-refractivity contribution >= 4 is 41.5 Å². The Kier molecular flexibility index (Phi) is 8.10. The average molecular weight is 463 g/mol. The van der Waals surface area contributed by atoms with Gasteiger partial charge in [-0.1, -0.05) is 36.6 Å². The van der Waals surface area contributed by atoms with E-state index in [1.807, 2.05) is 31.3 Å². The predicted molar refractivity (Wildman–Crippen MR) is 112 cm³/mol. The van der Waals surface area contributed by atoms with Gasteiger partial charge in [-0.2, -0.15) is 0 Å². The van der Waals surface area contributed by atoms with Crippen molar-refractivity contribution < 1.29 is 0 Å². The van der Waals surface area contributed by atoms with Crippen molar-refractivity contribution in [1.29, 1.82) is 0 Å². The molecule has 3 rings (SSSR count). The zero-order chi connectivity index (χ0) is 16.1. The van der Waals surface area contributed by atoms with Gasteiger partial charge in [0.25, 0.3) is 0 Å². The quantitative estimate of drug-likeness (QED) is 0.408. The van der Waals surface area contributed by atoms with Crippen molar-refractivity contribution in [1.82, 2.24) is 15.5 Å². The highest BCUT2D eigenvalue weighted by Crippen LogP contribution is 2.26. The van der Waals surface area contributed by atoms with Crippen molar-refractivity contribution in [2.24, 2.45) is 4.99 Å². The first-order valence-corrected chi connectivity index (χ1v) is 9.08. The van der Waals surface area contributed by atoms with Crippen LogP contribution < -0.4 is 10.6 Å². The normalized spacial score (nSPS) is 22.4. The number of halogens is 2. The Morgan fingerprint density at radius 3 is 2.58 bits per heavy atom. The highest BCUT2D eigenvalue weighted by molar-refractivity contribution is 14.0. The molecule has 1 aliphatic heterocycles. The first kappa shape index (κ1) is 19.8. The van der Waals surface area contributed by atoms with Crippen molar-refractivity contribution in [2.75, 3.05) is 20.1 Å². The van der Waals surface area contributed by atoms with Crippen molar-refractivity contribution in [3.05, 3.63) is 34.9 Å². The summed E-state index contributed by atoms with van der Waals surface area (Å²) in [4.78, 5) is 7.02. The second kappa shape index (κ2) is 9.82. The van der Waals surface area contributed by atoms with E-state index in [0.29, 0.717) is 6.04 Å². The van der Waals surface area contributed by atoms with Gasteiger partial charge in [0.2, 0.25) is 0 Å². The van der Waals surface area contributed by atoms with Crippen LogP contribution in [-0.4, -0.2) is 43.1 Å². The maximum atomic E-state index is 5.92. The third-order valence-electron chi connectivity index (χ3n) is 5.00. The summed E-state index contributed by atoms with van der Waals surface area (Å²) in [6.45, 7) is 3.12. The number of guanidine groups is 1. The van der Waals surface area contributed by atoms with Crippen LogP contribution in [0.4, 0.5) is 0 Å². The SMILES string of the molecule is CN=C(NCc1ccc(Cl)cc1)NC1CCN(C2CCCC2)C1.I. The fourth-order valence-corrected chi connectivity index (χ4v) is 3.81. The van der Waals surface area contributed by atoms with Crippen LogP contribution in [0.5, 0.6) is 0 Å². The fourth-order valence-electron chi connectivity index (χ4n) is 3.68. The topological polar surface area (TPSA) is 39.7 Å². The molecular weight excluding hydrogens is 435 g/mol. The highest BCUT2D eigenvalue weighted by atomic mass is 127. The number of likely N-dealkylation sites (tertiary alicyclic amines) is 1. The molecule has 4 nitrogen and oxygen atoms in total. The Morgan fingerprint density at radius 2 is 1.92 bits per heavy atom. The number of benzene rings is 1. The van der Waals surface area contributed by atoms with E-state index in [2.05, 4.69) is 20.5 Å². The summed E-state index contributed by atoms with van der Waals surface area (Å²) >= 11 is 5.92. The molecule has 1 unspecified atom stereocenters. The maximum Gasteiger partial charge on any atom is 0.191 e. The van der Waals surface area contributed by atoms with E-state index in [1.165, 1.54) is 44.2 Å². The Labute approximate surface area is 167 Å². The van der Waals surface area contributed by atoms with Crippen molar-refractivity contribution in [2.45, 2.75) is 50.7 Å². The van der Waals surface area contributed by atoms with Crippen molar-refractivity contribution in [3.8, 4) is 0 Å². The van der Waals surface area contributed by atoms with Gasteiger partial charge in [-0.3, -0.25) is 9.89 Å². The van der Waals surface area contributed by atoms with E-state index in [0.717, 1.165) is 30.1 Å². The summed E-state index contributed by atoms with van der Waals surface area (Å²) in [6, 6.07) is 9.26. The van der Waals surface area contributed by atoms with Gasteiger partial charge in [-0.15, -0.1) is 24.0 Å². The van der Waals surface area contributed by atoms with Gasteiger partial charge in [-0.25, -0.2) is 0 Å². The first-order chi connectivity index (χ1) is 11.2. The van der Waals surface area contributed by atoms with Gasteiger partial charge in [0.15, 0.2) is 5.96 Å². The lowest BCUT2D eigenvalue weighted by molar-refractivity contribution is 0.242. The lowest BCUT2D eigenvalue weighted by atomic mass is 10.2. The molecule has 1 saturated carbocycles.